The van der Waals surface area contributed by atoms with Crippen LogP contribution in [0, 0.1) is 0 Å². The summed E-state index contributed by atoms with van der Waals surface area (Å²) in [5, 5.41) is 17.6. The lowest BCUT2D eigenvalue weighted by molar-refractivity contribution is -0.137. The van der Waals surface area contributed by atoms with Gasteiger partial charge in [0.1, 0.15) is 0 Å². The molecule has 0 aliphatic rings. The summed E-state index contributed by atoms with van der Waals surface area (Å²) in [6.45, 7) is 0.565. The molecule has 3 N–H and O–H groups in total. The smallest absolute Gasteiger partial charge is 0.319 e. The highest BCUT2D eigenvalue weighted by atomic mass is 32.1. The highest BCUT2D eigenvalue weighted by Crippen LogP contribution is 2.11. The van der Waals surface area contributed by atoms with Gasteiger partial charge in [0.05, 0.1) is 5.69 Å². The number of aliphatic carboxylic acids is 1. The average molecular weight is 256 g/mol. The van der Waals surface area contributed by atoms with E-state index in [1.165, 1.54) is 11.3 Å². The fourth-order valence-corrected chi connectivity index (χ4v) is 1.88. The van der Waals surface area contributed by atoms with Gasteiger partial charge in [0, 0.05) is 18.3 Å². The van der Waals surface area contributed by atoms with Crippen molar-refractivity contribution in [3.8, 4) is 0 Å². The molecule has 0 unspecified atom stereocenters. The van der Waals surface area contributed by atoms with E-state index < -0.39 is 5.97 Å². The first-order chi connectivity index (χ1) is 8.18. The molecular formula is C11H16N2O3S. The van der Waals surface area contributed by atoms with Crippen LogP contribution in [0.4, 0.5) is 10.5 Å². The van der Waals surface area contributed by atoms with Crippen molar-refractivity contribution in [2.75, 3.05) is 11.9 Å². The molecule has 6 heteroatoms. The number of rotatable bonds is 7. The van der Waals surface area contributed by atoms with Gasteiger partial charge in [-0.1, -0.05) is 6.42 Å². The van der Waals surface area contributed by atoms with Crippen LogP contribution in [0.5, 0.6) is 0 Å². The van der Waals surface area contributed by atoms with Gasteiger partial charge in [0.15, 0.2) is 0 Å². The van der Waals surface area contributed by atoms with Crippen molar-refractivity contribution < 1.29 is 14.7 Å². The lowest BCUT2D eigenvalue weighted by Gasteiger charge is -2.05. The topological polar surface area (TPSA) is 78.4 Å². The van der Waals surface area contributed by atoms with Crippen LogP contribution < -0.4 is 10.6 Å². The number of urea groups is 1. The summed E-state index contributed by atoms with van der Waals surface area (Å²) < 4.78 is 0. The molecule has 0 aliphatic carbocycles. The van der Waals surface area contributed by atoms with Crippen molar-refractivity contribution in [3.05, 3.63) is 16.8 Å². The van der Waals surface area contributed by atoms with Gasteiger partial charge in [0.2, 0.25) is 0 Å². The van der Waals surface area contributed by atoms with Crippen molar-refractivity contribution >= 4 is 29.0 Å². The van der Waals surface area contributed by atoms with E-state index in [4.69, 9.17) is 5.11 Å². The average Bonchev–Trinajstić information content (AvgIpc) is 2.75. The number of unbranched alkanes of at least 4 members (excludes halogenated alkanes) is 2. The molecule has 1 rings (SSSR count). The van der Waals surface area contributed by atoms with E-state index in [9.17, 15) is 9.59 Å². The van der Waals surface area contributed by atoms with E-state index in [0.29, 0.717) is 13.0 Å². The molecule has 0 radical (unpaired) electrons. The summed E-state index contributed by atoms with van der Waals surface area (Å²) in [5.41, 5.74) is 0.790. The van der Waals surface area contributed by atoms with Crippen LogP contribution in [0.15, 0.2) is 16.8 Å². The van der Waals surface area contributed by atoms with Crippen LogP contribution in [-0.2, 0) is 4.79 Å². The van der Waals surface area contributed by atoms with Crippen LogP contribution in [0.2, 0.25) is 0 Å². The summed E-state index contributed by atoms with van der Waals surface area (Å²) in [5.74, 6) is -0.770. The quantitative estimate of drug-likeness (QED) is 0.656. The number of thiophene rings is 1. The molecule has 0 saturated carbocycles. The standard InChI is InChI=1S/C11H16N2O3S/c14-10(15)4-2-1-3-6-12-11(16)13-9-5-7-17-8-9/h5,7-8H,1-4,6H2,(H,14,15)(H2,12,13,16). The third-order valence-corrected chi connectivity index (χ3v) is 2.82. The molecule has 0 aromatic carbocycles. The number of carboxylic acid groups (broad SMARTS) is 1. The number of carbonyl (C=O) groups is 2. The van der Waals surface area contributed by atoms with E-state index in [0.717, 1.165) is 18.5 Å². The zero-order valence-electron chi connectivity index (χ0n) is 9.44. The maximum absolute atomic E-state index is 11.3. The predicted molar refractivity (Wildman–Crippen MR) is 67.4 cm³/mol. The van der Waals surface area contributed by atoms with Crippen molar-refractivity contribution in [1.29, 1.82) is 0 Å². The van der Waals surface area contributed by atoms with E-state index >= 15 is 0 Å². The first-order valence-corrected chi connectivity index (χ1v) is 6.41. The summed E-state index contributed by atoms with van der Waals surface area (Å²) in [4.78, 5) is 21.6. The van der Waals surface area contributed by atoms with Crippen molar-refractivity contribution in [1.82, 2.24) is 5.32 Å². The Morgan fingerprint density at radius 3 is 2.76 bits per heavy atom. The van der Waals surface area contributed by atoms with Gasteiger partial charge < -0.3 is 15.7 Å². The third-order valence-electron chi connectivity index (χ3n) is 2.13. The van der Waals surface area contributed by atoms with Gasteiger partial charge >= 0.3 is 12.0 Å². The second kappa shape index (κ2) is 7.67. The van der Waals surface area contributed by atoms with Gasteiger partial charge in [-0.15, -0.1) is 0 Å². The molecule has 1 aromatic heterocycles. The van der Waals surface area contributed by atoms with Gasteiger partial charge in [0.25, 0.3) is 0 Å². The SMILES string of the molecule is O=C(O)CCCCCNC(=O)Nc1ccsc1. The molecule has 2 amide bonds. The van der Waals surface area contributed by atoms with Crippen LogP contribution >= 0.6 is 11.3 Å². The number of amides is 2. The van der Waals surface area contributed by atoms with Crippen molar-refractivity contribution in [2.45, 2.75) is 25.7 Å². The summed E-state index contributed by atoms with van der Waals surface area (Å²) in [6.07, 6.45) is 2.46. The summed E-state index contributed by atoms with van der Waals surface area (Å²) in [6, 6.07) is 1.61. The molecule has 5 nitrogen and oxygen atoms in total. The maximum Gasteiger partial charge on any atom is 0.319 e. The molecule has 1 aromatic rings. The van der Waals surface area contributed by atoms with E-state index in [1.54, 1.807) is 0 Å². The highest BCUT2D eigenvalue weighted by molar-refractivity contribution is 7.08. The number of nitrogens with one attached hydrogen (secondary N) is 2. The number of carbonyl (C=O) groups excluding carboxylic acids is 1. The van der Waals surface area contributed by atoms with Crippen LogP contribution in [0.1, 0.15) is 25.7 Å². The number of hydrogen-bond donors (Lipinski definition) is 3. The Labute approximate surface area is 104 Å². The Morgan fingerprint density at radius 2 is 2.12 bits per heavy atom. The molecule has 0 bridgehead atoms. The first kappa shape index (κ1) is 13.5. The molecule has 0 aliphatic heterocycles. The summed E-state index contributed by atoms with van der Waals surface area (Å²) >= 11 is 1.52. The molecule has 0 atom stereocenters. The number of carboxylic acids is 1. The number of hydrogen-bond acceptors (Lipinski definition) is 3. The molecule has 0 fully saturated rings. The van der Waals surface area contributed by atoms with Gasteiger partial charge in [-0.05, 0) is 24.3 Å². The monoisotopic (exact) mass is 256 g/mol. The Balaban J connectivity index is 1.99. The minimum atomic E-state index is -0.770. The first-order valence-electron chi connectivity index (χ1n) is 5.47. The summed E-state index contributed by atoms with van der Waals surface area (Å²) in [7, 11) is 0. The lowest BCUT2D eigenvalue weighted by atomic mass is 10.2. The Bertz CT molecular complexity index is 352. The number of anilines is 1. The highest BCUT2D eigenvalue weighted by Gasteiger charge is 2.01. The molecule has 94 valence electrons. The largest absolute Gasteiger partial charge is 0.481 e. The second-order valence-electron chi connectivity index (χ2n) is 3.60. The second-order valence-corrected chi connectivity index (χ2v) is 4.38. The van der Waals surface area contributed by atoms with Gasteiger partial charge in [-0.2, -0.15) is 11.3 Å². The van der Waals surface area contributed by atoms with Crippen LogP contribution in [-0.4, -0.2) is 23.7 Å². The van der Waals surface area contributed by atoms with E-state index in [2.05, 4.69) is 10.6 Å². The van der Waals surface area contributed by atoms with Gasteiger partial charge in [-0.25, -0.2) is 4.79 Å². The van der Waals surface area contributed by atoms with Crippen molar-refractivity contribution in [3.63, 3.8) is 0 Å². The molecule has 17 heavy (non-hydrogen) atoms. The van der Waals surface area contributed by atoms with E-state index in [1.807, 2.05) is 16.8 Å². The molecule has 0 spiro atoms. The fraction of sp³-hybridized carbons (Fsp3) is 0.455. The van der Waals surface area contributed by atoms with Crippen LogP contribution in [0.3, 0.4) is 0 Å². The van der Waals surface area contributed by atoms with E-state index in [-0.39, 0.29) is 12.5 Å². The minimum Gasteiger partial charge on any atom is -0.481 e. The molecule has 1 heterocycles. The lowest BCUT2D eigenvalue weighted by Crippen LogP contribution is -2.29. The minimum absolute atomic E-state index is 0.196. The van der Waals surface area contributed by atoms with Crippen LogP contribution in [0.25, 0.3) is 0 Å². The van der Waals surface area contributed by atoms with Gasteiger partial charge in [-0.3, -0.25) is 4.79 Å². The Morgan fingerprint density at radius 1 is 1.29 bits per heavy atom. The zero-order chi connectivity index (χ0) is 12.5. The Kier molecular flexibility index (Phi) is 6.09. The predicted octanol–water partition coefficient (Wildman–Crippen LogP) is 2.51. The molecule has 0 saturated heterocycles. The maximum atomic E-state index is 11.3. The molecular weight excluding hydrogens is 240 g/mol. The zero-order valence-corrected chi connectivity index (χ0v) is 10.3. The normalized spacial score (nSPS) is 9.88. The van der Waals surface area contributed by atoms with Crippen molar-refractivity contribution in [2.24, 2.45) is 0 Å². The third kappa shape index (κ3) is 6.57. The Hall–Kier alpha value is -1.56. The fourth-order valence-electron chi connectivity index (χ4n) is 1.29.